The van der Waals surface area contributed by atoms with Gasteiger partial charge in [0, 0.05) is 31.1 Å². The highest BCUT2D eigenvalue weighted by Crippen LogP contribution is 2.42. The van der Waals surface area contributed by atoms with Gasteiger partial charge in [-0.2, -0.15) is 0 Å². The van der Waals surface area contributed by atoms with Gasteiger partial charge in [-0.15, -0.1) is 0 Å². The van der Waals surface area contributed by atoms with E-state index in [1.807, 2.05) is 42.5 Å². The van der Waals surface area contributed by atoms with Crippen LogP contribution in [0.1, 0.15) is 67.2 Å². The Morgan fingerprint density at radius 1 is 1.05 bits per heavy atom. The summed E-state index contributed by atoms with van der Waals surface area (Å²) in [5.74, 6) is -0.393. The summed E-state index contributed by atoms with van der Waals surface area (Å²) in [7, 11) is 1.58. The van der Waals surface area contributed by atoms with Crippen LogP contribution in [0.25, 0.3) is 11.4 Å². The Morgan fingerprint density at radius 3 is 2.55 bits per heavy atom. The van der Waals surface area contributed by atoms with E-state index in [1.165, 1.54) is 12.3 Å². The monoisotopic (exact) mass is 635 g/mol. The van der Waals surface area contributed by atoms with Gasteiger partial charge in [0.05, 0.1) is 15.6 Å². The van der Waals surface area contributed by atoms with E-state index in [0.29, 0.717) is 21.7 Å². The first-order valence-corrected chi connectivity index (χ1v) is 15.4. The fourth-order valence-electron chi connectivity index (χ4n) is 5.96. The van der Waals surface area contributed by atoms with Crippen molar-refractivity contribution in [2.24, 2.45) is 0 Å². The first kappa shape index (κ1) is 30.2. The Morgan fingerprint density at radius 2 is 1.80 bits per heavy atom. The van der Waals surface area contributed by atoms with Crippen molar-refractivity contribution in [1.29, 1.82) is 0 Å². The van der Waals surface area contributed by atoms with Crippen LogP contribution in [-0.4, -0.2) is 28.6 Å². The van der Waals surface area contributed by atoms with Gasteiger partial charge in [-0.05, 0) is 36.1 Å². The quantitative estimate of drug-likeness (QED) is 0.200. The van der Waals surface area contributed by atoms with Crippen molar-refractivity contribution in [3.8, 4) is 11.4 Å². The van der Waals surface area contributed by atoms with Gasteiger partial charge in [0.1, 0.15) is 24.0 Å². The highest BCUT2D eigenvalue weighted by atomic mass is 35.5. The molecule has 1 fully saturated rings. The van der Waals surface area contributed by atoms with Gasteiger partial charge in [0.15, 0.2) is 11.8 Å². The van der Waals surface area contributed by atoms with Crippen molar-refractivity contribution in [3.63, 3.8) is 0 Å². The molecule has 0 radical (unpaired) electrons. The molecule has 10 heteroatoms. The van der Waals surface area contributed by atoms with Crippen molar-refractivity contribution in [3.05, 3.63) is 124 Å². The average molecular weight is 637 g/mol. The zero-order valence-corrected chi connectivity index (χ0v) is 25.6. The molecule has 3 atom stereocenters. The van der Waals surface area contributed by atoms with Gasteiger partial charge in [0.2, 0.25) is 0 Å². The number of methoxy groups -OCH3 is 1. The molecule has 2 aliphatic rings. The smallest absolute Gasteiger partial charge is 0.268 e. The number of aromatic nitrogens is 2. The number of ether oxygens (including phenoxy) is 3. The molecule has 1 saturated carbocycles. The Labute approximate surface area is 265 Å². The molecule has 6 rings (SSSR count). The van der Waals surface area contributed by atoms with Gasteiger partial charge in [-0.1, -0.05) is 97.1 Å². The third-order valence-electron chi connectivity index (χ3n) is 8.10. The van der Waals surface area contributed by atoms with Gasteiger partial charge in [0.25, 0.3) is 12.2 Å². The molecule has 1 amide bonds. The molecule has 0 spiro atoms. The van der Waals surface area contributed by atoms with Crippen LogP contribution in [0.15, 0.2) is 91.1 Å². The topological polar surface area (TPSA) is 74.6 Å². The summed E-state index contributed by atoms with van der Waals surface area (Å²) in [5, 5.41) is 3.55. The summed E-state index contributed by atoms with van der Waals surface area (Å²) >= 11 is 13.1. The molecule has 1 N–H and O–H groups in total. The van der Waals surface area contributed by atoms with E-state index < -0.39 is 24.3 Å². The van der Waals surface area contributed by atoms with Crippen LogP contribution in [0.4, 0.5) is 4.39 Å². The molecule has 0 bridgehead atoms. The maximum atomic E-state index is 15.1. The maximum Gasteiger partial charge on any atom is 0.268 e. The average Bonchev–Trinajstić information content (AvgIpc) is 3.72. The van der Waals surface area contributed by atoms with Gasteiger partial charge in [-0.25, -0.2) is 9.37 Å². The van der Waals surface area contributed by atoms with Crippen molar-refractivity contribution in [1.82, 2.24) is 14.9 Å². The Bertz CT molecular complexity index is 1660. The first-order valence-electron chi connectivity index (χ1n) is 14.6. The number of carbonyl (C=O) groups excluding carboxylic acids is 1. The van der Waals surface area contributed by atoms with E-state index in [4.69, 9.17) is 37.4 Å². The highest BCUT2D eigenvalue weighted by Gasteiger charge is 2.37. The lowest BCUT2D eigenvalue weighted by Crippen LogP contribution is -2.41. The number of carbonyl (C=O) groups is 1. The van der Waals surface area contributed by atoms with E-state index in [0.717, 1.165) is 37.7 Å². The van der Waals surface area contributed by atoms with Crippen LogP contribution in [0.2, 0.25) is 10.0 Å². The summed E-state index contributed by atoms with van der Waals surface area (Å²) in [6.07, 6.45) is 8.22. The van der Waals surface area contributed by atoms with Crippen molar-refractivity contribution in [2.75, 3.05) is 7.11 Å². The molecule has 7 nitrogen and oxygen atoms in total. The minimum absolute atomic E-state index is 0.0253. The third kappa shape index (κ3) is 6.07. The van der Waals surface area contributed by atoms with E-state index in [2.05, 4.69) is 10.3 Å². The fourth-order valence-corrected chi connectivity index (χ4v) is 6.44. The zero-order chi connectivity index (χ0) is 30.6. The number of amides is 1. The molecule has 1 aliphatic carbocycles. The van der Waals surface area contributed by atoms with Crippen molar-refractivity contribution >= 4 is 29.1 Å². The second kappa shape index (κ2) is 13.4. The summed E-state index contributed by atoms with van der Waals surface area (Å²) in [6.45, 7) is 0. The van der Waals surface area contributed by atoms with Crippen LogP contribution in [0.5, 0.6) is 0 Å². The second-order valence-electron chi connectivity index (χ2n) is 10.9. The predicted molar refractivity (Wildman–Crippen MR) is 166 cm³/mol. The minimum Gasteiger partial charge on any atom is -0.455 e. The summed E-state index contributed by atoms with van der Waals surface area (Å²) < 4.78 is 34.8. The summed E-state index contributed by atoms with van der Waals surface area (Å²) in [6, 6.07) is 18.7. The van der Waals surface area contributed by atoms with Crippen LogP contribution in [0, 0.1) is 5.82 Å². The molecule has 1 aliphatic heterocycles. The Hall–Kier alpha value is -3.85. The predicted octanol–water partition coefficient (Wildman–Crippen LogP) is 8.31. The van der Waals surface area contributed by atoms with Crippen LogP contribution >= 0.6 is 23.2 Å². The number of rotatable bonds is 9. The normalized spacial score (nSPS) is 18.2. The standard InChI is InChI=1S/C34H32Cl2FN3O4/c1-42-31(21-10-4-2-5-11-21)24-16-17-26(37)29(36)28(24)32-38-18-19-40(32)30(33(41)39-22-12-6-3-7-13-22)27-20-43-34(44-27)23-14-8-9-15-25(23)35/h2,4-5,8-11,14-20,22,30-31,34H,3,6-7,12-13H2,1H3,(H,39,41). The molecule has 4 aromatic rings. The molecule has 0 saturated heterocycles. The molecule has 3 unspecified atom stereocenters. The Kier molecular flexibility index (Phi) is 9.21. The molecule has 44 heavy (non-hydrogen) atoms. The highest BCUT2D eigenvalue weighted by molar-refractivity contribution is 6.33. The lowest BCUT2D eigenvalue weighted by molar-refractivity contribution is -0.126. The second-order valence-corrected chi connectivity index (χ2v) is 11.7. The Balaban J connectivity index is 1.43. The summed E-state index contributed by atoms with van der Waals surface area (Å²) in [5.41, 5.74) is 2.38. The van der Waals surface area contributed by atoms with E-state index in [1.54, 1.807) is 42.3 Å². The molecular weight excluding hydrogens is 604 g/mol. The third-order valence-corrected chi connectivity index (χ3v) is 8.81. The van der Waals surface area contributed by atoms with Gasteiger partial charge < -0.3 is 24.1 Å². The molecule has 228 valence electrons. The largest absolute Gasteiger partial charge is 0.455 e. The van der Waals surface area contributed by atoms with Gasteiger partial charge >= 0.3 is 0 Å². The number of benzene rings is 3. The van der Waals surface area contributed by atoms with E-state index >= 15 is 4.39 Å². The van der Waals surface area contributed by atoms with Crippen LogP contribution in [-0.2, 0) is 19.0 Å². The number of nitrogens with one attached hydrogen (secondary N) is 1. The lowest BCUT2D eigenvalue weighted by atomic mass is 9.95. The maximum absolute atomic E-state index is 15.1. The number of halogens is 3. The van der Waals surface area contributed by atoms with Gasteiger partial charge in [-0.3, -0.25) is 4.79 Å². The van der Waals surface area contributed by atoms with E-state index in [9.17, 15) is 4.79 Å². The molecular formula is C34H32Cl2FN3O4. The molecule has 3 aromatic carbocycles. The number of hydrogen-bond donors (Lipinski definition) is 1. The van der Waals surface area contributed by atoms with Crippen molar-refractivity contribution < 1.29 is 23.4 Å². The lowest BCUT2D eigenvalue weighted by Gasteiger charge is -2.28. The molecule has 1 aromatic heterocycles. The molecule has 2 heterocycles. The number of imidazole rings is 1. The number of hydrogen-bond acceptors (Lipinski definition) is 5. The first-order chi connectivity index (χ1) is 21.5. The fraction of sp³-hybridized carbons (Fsp3) is 0.294. The summed E-state index contributed by atoms with van der Waals surface area (Å²) in [4.78, 5) is 18.7. The SMILES string of the molecule is COC(c1ccccc1)c1ccc(F)c(Cl)c1-c1nccn1C(C(=O)NC1CCCCC1)C1=COC(c2ccccc2Cl)O1. The van der Waals surface area contributed by atoms with Crippen molar-refractivity contribution in [2.45, 2.75) is 56.6 Å². The van der Waals surface area contributed by atoms with Crippen LogP contribution < -0.4 is 5.32 Å². The number of nitrogens with zero attached hydrogens (tertiary/aromatic N) is 2. The van der Waals surface area contributed by atoms with E-state index in [-0.39, 0.29) is 28.6 Å². The zero-order valence-electron chi connectivity index (χ0n) is 24.1. The van der Waals surface area contributed by atoms with Crippen LogP contribution in [0.3, 0.4) is 0 Å². The minimum atomic E-state index is -1.04.